The van der Waals surface area contributed by atoms with Crippen molar-refractivity contribution in [1.29, 1.82) is 0 Å². The fourth-order valence-electron chi connectivity index (χ4n) is 4.83. The van der Waals surface area contributed by atoms with Gasteiger partial charge < -0.3 is 4.90 Å². The smallest absolute Gasteiger partial charge is 0.223 e. The van der Waals surface area contributed by atoms with Gasteiger partial charge in [-0.2, -0.15) is 0 Å². The molecule has 0 N–H and O–H groups in total. The quantitative estimate of drug-likeness (QED) is 0.753. The average molecular weight is 327 g/mol. The molecule has 126 valence electrons. The van der Waals surface area contributed by atoms with Crippen molar-refractivity contribution in [2.45, 2.75) is 64.3 Å². The lowest BCUT2D eigenvalue weighted by molar-refractivity contribution is -0.134. The van der Waals surface area contributed by atoms with Crippen LogP contribution in [0.15, 0.2) is 0 Å². The molecule has 0 aromatic rings. The zero-order valence-corrected chi connectivity index (χ0v) is 14.5. The van der Waals surface area contributed by atoms with Gasteiger partial charge in [-0.25, -0.2) is 8.42 Å². The van der Waals surface area contributed by atoms with E-state index in [0.29, 0.717) is 18.8 Å². The van der Waals surface area contributed by atoms with E-state index >= 15 is 0 Å². The van der Waals surface area contributed by atoms with E-state index in [4.69, 9.17) is 0 Å². The Kier molecular flexibility index (Phi) is 4.81. The maximum absolute atomic E-state index is 12.8. The Morgan fingerprint density at radius 1 is 1.18 bits per heavy atom. The molecular weight excluding hydrogens is 298 g/mol. The lowest BCUT2D eigenvalue weighted by Crippen LogP contribution is -2.42. The maximum Gasteiger partial charge on any atom is 0.223 e. The zero-order valence-electron chi connectivity index (χ0n) is 13.7. The summed E-state index contributed by atoms with van der Waals surface area (Å²) in [6, 6.07) is -0.0670. The van der Waals surface area contributed by atoms with E-state index in [0.717, 1.165) is 31.2 Å². The molecule has 3 aliphatic rings. The molecule has 4 nitrogen and oxygen atoms in total. The van der Waals surface area contributed by atoms with Gasteiger partial charge in [-0.05, 0) is 49.9 Å². The van der Waals surface area contributed by atoms with Crippen LogP contribution in [0.3, 0.4) is 0 Å². The van der Waals surface area contributed by atoms with Crippen LogP contribution in [-0.4, -0.2) is 43.3 Å². The van der Waals surface area contributed by atoms with Gasteiger partial charge in [0.05, 0.1) is 11.5 Å². The molecular formula is C17H29NO3S. The first-order valence-corrected chi connectivity index (χ1v) is 10.8. The Hall–Kier alpha value is -0.580. The van der Waals surface area contributed by atoms with E-state index in [2.05, 4.69) is 6.92 Å². The summed E-state index contributed by atoms with van der Waals surface area (Å²) >= 11 is 0. The van der Waals surface area contributed by atoms with Crippen molar-refractivity contribution in [2.24, 2.45) is 17.8 Å². The molecule has 2 aliphatic carbocycles. The molecule has 1 heterocycles. The van der Waals surface area contributed by atoms with Gasteiger partial charge in [0.15, 0.2) is 9.84 Å². The van der Waals surface area contributed by atoms with Crippen molar-refractivity contribution in [3.8, 4) is 0 Å². The summed E-state index contributed by atoms with van der Waals surface area (Å²) in [4.78, 5) is 14.7. The summed E-state index contributed by atoms with van der Waals surface area (Å²) in [5, 5.41) is 0. The minimum atomic E-state index is -2.93. The molecule has 0 aromatic heterocycles. The Labute approximate surface area is 134 Å². The van der Waals surface area contributed by atoms with Crippen LogP contribution in [0, 0.1) is 17.8 Å². The minimum absolute atomic E-state index is 0.0670. The third-order valence-electron chi connectivity index (χ3n) is 6.04. The van der Waals surface area contributed by atoms with E-state index in [9.17, 15) is 13.2 Å². The van der Waals surface area contributed by atoms with Crippen molar-refractivity contribution in [3.05, 3.63) is 0 Å². The third kappa shape index (κ3) is 3.50. The molecule has 2 bridgehead atoms. The van der Waals surface area contributed by atoms with Crippen LogP contribution in [0.25, 0.3) is 0 Å². The summed E-state index contributed by atoms with van der Waals surface area (Å²) in [5.41, 5.74) is 0. The lowest BCUT2D eigenvalue weighted by Gasteiger charge is -2.31. The van der Waals surface area contributed by atoms with E-state index in [1.54, 1.807) is 0 Å². The van der Waals surface area contributed by atoms with Crippen LogP contribution in [0.2, 0.25) is 0 Å². The van der Waals surface area contributed by atoms with Gasteiger partial charge in [-0.15, -0.1) is 0 Å². The normalized spacial score (nSPS) is 35.9. The minimum Gasteiger partial charge on any atom is -0.339 e. The molecule has 1 saturated heterocycles. The maximum atomic E-state index is 12.8. The molecule has 1 aliphatic heterocycles. The van der Waals surface area contributed by atoms with Crippen LogP contribution in [-0.2, 0) is 14.6 Å². The predicted octanol–water partition coefficient (Wildman–Crippen LogP) is 2.63. The summed E-state index contributed by atoms with van der Waals surface area (Å²) < 4.78 is 23.5. The first-order chi connectivity index (χ1) is 10.5. The van der Waals surface area contributed by atoms with Gasteiger partial charge in [0.25, 0.3) is 0 Å². The highest BCUT2D eigenvalue weighted by Gasteiger charge is 2.42. The molecule has 0 spiro atoms. The molecule has 3 fully saturated rings. The Morgan fingerprint density at radius 3 is 2.55 bits per heavy atom. The van der Waals surface area contributed by atoms with Crippen molar-refractivity contribution in [2.75, 3.05) is 18.1 Å². The number of carbonyl (C=O) groups excluding carboxylic acids is 1. The van der Waals surface area contributed by atoms with Gasteiger partial charge >= 0.3 is 0 Å². The fraction of sp³-hybridized carbons (Fsp3) is 0.941. The van der Waals surface area contributed by atoms with Gasteiger partial charge in [-0.1, -0.05) is 19.8 Å². The Morgan fingerprint density at radius 2 is 2.00 bits per heavy atom. The number of sulfone groups is 1. The van der Waals surface area contributed by atoms with Crippen LogP contribution in [0.1, 0.15) is 58.3 Å². The molecule has 0 aromatic carbocycles. The first-order valence-electron chi connectivity index (χ1n) is 8.98. The van der Waals surface area contributed by atoms with Crippen molar-refractivity contribution >= 4 is 15.7 Å². The van der Waals surface area contributed by atoms with E-state index in [1.165, 1.54) is 25.7 Å². The van der Waals surface area contributed by atoms with Gasteiger partial charge in [0.1, 0.15) is 0 Å². The molecule has 2 saturated carbocycles. The average Bonchev–Trinajstić information content (AvgIpc) is 3.15. The predicted molar refractivity (Wildman–Crippen MR) is 87.2 cm³/mol. The molecule has 22 heavy (non-hydrogen) atoms. The van der Waals surface area contributed by atoms with Crippen molar-refractivity contribution < 1.29 is 13.2 Å². The van der Waals surface area contributed by atoms with Gasteiger partial charge in [-0.3, -0.25) is 4.79 Å². The standard InChI is InChI=1S/C17H29NO3S/c1-2-3-7-18(16-6-8-22(20,21)12-16)17(19)11-15-10-13-4-5-14(15)9-13/h13-16H,2-12H2,1H3. The number of nitrogens with zero attached hydrogens (tertiary/aromatic N) is 1. The van der Waals surface area contributed by atoms with Crippen LogP contribution < -0.4 is 0 Å². The lowest BCUT2D eigenvalue weighted by atomic mass is 9.86. The second-order valence-electron chi connectivity index (χ2n) is 7.64. The molecule has 5 heteroatoms. The van der Waals surface area contributed by atoms with Crippen LogP contribution >= 0.6 is 0 Å². The zero-order chi connectivity index (χ0) is 15.7. The SMILES string of the molecule is CCCCN(C(=O)CC1CC2CCC1C2)C1CCS(=O)(=O)C1. The van der Waals surface area contributed by atoms with Gasteiger partial charge in [0, 0.05) is 19.0 Å². The monoisotopic (exact) mass is 327 g/mol. The van der Waals surface area contributed by atoms with E-state index in [1.807, 2.05) is 4.90 Å². The molecule has 0 radical (unpaired) electrons. The summed E-state index contributed by atoms with van der Waals surface area (Å²) in [7, 11) is -2.93. The Bertz CT molecular complexity index is 516. The second-order valence-corrected chi connectivity index (χ2v) is 9.87. The fourth-order valence-corrected chi connectivity index (χ4v) is 6.56. The Balaban J connectivity index is 1.62. The third-order valence-corrected chi connectivity index (χ3v) is 7.79. The van der Waals surface area contributed by atoms with E-state index < -0.39 is 9.84 Å². The second kappa shape index (κ2) is 6.50. The van der Waals surface area contributed by atoms with Crippen molar-refractivity contribution in [3.63, 3.8) is 0 Å². The summed E-state index contributed by atoms with van der Waals surface area (Å²) in [5.74, 6) is 2.83. The number of carbonyl (C=O) groups is 1. The summed E-state index contributed by atoms with van der Waals surface area (Å²) in [6.07, 6.45) is 8.50. The molecule has 4 atom stereocenters. The summed E-state index contributed by atoms with van der Waals surface area (Å²) in [6.45, 7) is 2.85. The van der Waals surface area contributed by atoms with Crippen molar-refractivity contribution in [1.82, 2.24) is 4.90 Å². The highest BCUT2D eigenvalue weighted by molar-refractivity contribution is 7.91. The largest absolute Gasteiger partial charge is 0.339 e. The number of fused-ring (bicyclic) bond motifs is 2. The van der Waals surface area contributed by atoms with E-state index in [-0.39, 0.29) is 23.5 Å². The van der Waals surface area contributed by atoms with Crippen LogP contribution in [0.5, 0.6) is 0 Å². The van der Waals surface area contributed by atoms with Crippen LogP contribution in [0.4, 0.5) is 0 Å². The first kappa shape index (κ1) is 16.3. The topological polar surface area (TPSA) is 54.5 Å². The molecule has 1 amide bonds. The number of hydrogen-bond acceptors (Lipinski definition) is 3. The number of rotatable bonds is 6. The highest BCUT2D eigenvalue weighted by Crippen LogP contribution is 2.49. The highest BCUT2D eigenvalue weighted by atomic mass is 32.2. The van der Waals surface area contributed by atoms with Gasteiger partial charge in [0.2, 0.25) is 5.91 Å². The number of hydrogen-bond donors (Lipinski definition) is 0. The molecule has 4 unspecified atom stereocenters. The number of unbranched alkanes of at least 4 members (excludes halogenated alkanes) is 1. The number of amides is 1. The molecule has 3 rings (SSSR count).